The fraction of sp³-hybridized carbons (Fsp3) is 0.167. The van der Waals surface area contributed by atoms with Crippen molar-refractivity contribution in [2.75, 3.05) is 21.3 Å². The lowest BCUT2D eigenvalue weighted by Gasteiger charge is -2.18. The zero-order valence-electron chi connectivity index (χ0n) is 17.1. The molecule has 0 atom stereocenters. The highest BCUT2D eigenvalue weighted by Crippen LogP contribution is 2.33. The third kappa shape index (κ3) is 3.72. The molecule has 4 aromatic rings. The van der Waals surface area contributed by atoms with Gasteiger partial charge in [-0.2, -0.15) is 0 Å². The van der Waals surface area contributed by atoms with Crippen molar-refractivity contribution >= 4 is 16.8 Å². The number of carbonyl (C=O) groups excluding carboxylic acids is 1. The summed E-state index contributed by atoms with van der Waals surface area (Å²) in [6.45, 7) is 0.383. The summed E-state index contributed by atoms with van der Waals surface area (Å²) in [5.41, 5.74) is 2.85. The van der Waals surface area contributed by atoms with E-state index >= 15 is 0 Å². The first-order chi connectivity index (χ1) is 14.6. The number of rotatable bonds is 6. The van der Waals surface area contributed by atoms with Crippen molar-refractivity contribution in [2.45, 2.75) is 6.54 Å². The normalized spacial score (nSPS) is 10.8. The molecule has 2 heterocycles. The number of furan rings is 1. The van der Waals surface area contributed by atoms with Crippen molar-refractivity contribution in [3.05, 3.63) is 78.3 Å². The number of benzene rings is 2. The third-order valence-corrected chi connectivity index (χ3v) is 4.95. The second-order valence-corrected chi connectivity index (χ2v) is 6.88. The summed E-state index contributed by atoms with van der Waals surface area (Å²) in [7, 11) is 4.95. The molecule has 0 aliphatic heterocycles. The maximum atomic E-state index is 13.3. The SMILES string of the molecule is COc1ccc(-c2cc(C(=O)N(C)Cc3ccco3)c3ccccc3n2)cc1OC. The summed E-state index contributed by atoms with van der Waals surface area (Å²) in [6, 6.07) is 18.7. The van der Waals surface area contributed by atoms with E-state index in [1.807, 2.05) is 60.7 Å². The average molecular weight is 402 g/mol. The topological polar surface area (TPSA) is 64.8 Å². The van der Waals surface area contributed by atoms with Gasteiger partial charge in [-0.15, -0.1) is 0 Å². The van der Waals surface area contributed by atoms with Gasteiger partial charge in [-0.1, -0.05) is 18.2 Å². The van der Waals surface area contributed by atoms with Crippen LogP contribution < -0.4 is 9.47 Å². The van der Waals surface area contributed by atoms with Crippen molar-refractivity contribution in [2.24, 2.45) is 0 Å². The monoisotopic (exact) mass is 402 g/mol. The fourth-order valence-corrected chi connectivity index (χ4v) is 3.41. The van der Waals surface area contributed by atoms with Crippen LogP contribution in [0.2, 0.25) is 0 Å². The number of aromatic nitrogens is 1. The molecule has 0 unspecified atom stereocenters. The predicted molar refractivity (Wildman–Crippen MR) is 115 cm³/mol. The van der Waals surface area contributed by atoms with Crippen LogP contribution in [0, 0.1) is 0 Å². The highest BCUT2D eigenvalue weighted by Gasteiger charge is 2.19. The lowest BCUT2D eigenvalue weighted by atomic mass is 10.0. The standard InChI is InChI=1S/C24H22N2O4/c1-26(15-17-7-6-12-30-17)24(27)19-14-21(25-20-9-5-4-8-18(19)20)16-10-11-22(28-2)23(13-16)29-3/h4-14H,15H2,1-3H3. The number of nitrogens with zero attached hydrogens (tertiary/aromatic N) is 2. The average Bonchev–Trinajstić information content (AvgIpc) is 3.30. The van der Waals surface area contributed by atoms with E-state index in [0.717, 1.165) is 22.2 Å². The van der Waals surface area contributed by atoms with E-state index in [1.54, 1.807) is 32.4 Å². The van der Waals surface area contributed by atoms with E-state index in [2.05, 4.69) is 0 Å². The molecular weight excluding hydrogens is 380 g/mol. The van der Waals surface area contributed by atoms with Crippen LogP contribution in [0.3, 0.4) is 0 Å². The molecule has 0 aliphatic rings. The maximum absolute atomic E-state index is 13.3. The van der Waals surface area contributed by atoms with E-state index in [-0.39, 0.29) is 5.91 Å². The van der Waals surface area contributed by atoms with Gasteiger partial charge in [0.2, 0.25) is 0 Å². The van der Waals surface area contributed by atoms with Gasteiger partial charge in [0.15, 0.2) is 11.5 Å². The number of pyridine rings is 1. The zero-order valence-corrected chi connectivity index (χ0v) is 17.1. The number of amides is 1. The number of methoxy groups -OCH3 is 2. The number of hydrogen-bond acceptors (Lipinski definition) is 5. The van der Waals surface area contributed by atoms with E-state index in [4.69, 9.17) is 18.9 Å². The van der Waals surface area contributed by atoms with Gasteiger partial charge in [-0.3, -0.25) is 4.79 Å². The molecule has 1 amide bonds. The number of carbonyl (C=O) groups is 1. The molecule has 0 fully saturated rings. The molecule has 6 heteroatoms. The smallest absolute Gasteiger partial charge is 0.254 e. The summed E-state index contributed by atoms with van der Waals surface area (Å²) < 4.78 is 16.1. The molecule has 0 spiro atoms. The molecule has 0 aliphatic carbocycles. The molecule has 0 saturated carbocycles. The number of para-hydroxylation sites is 1. The van der Waals surface area contributed by atoms with Crippen LogP contribution in [0.25, 0.3) is 22.2 Å². The van der Waals surface area contributed by atoms with Crippen LogP contribution in [-0.2, 0) is 6.54 Å². The van der Waals surface area contributed by atoms with Crippen molar-refractivity contribution in [1.29, 1.82) is 0 Å². The van der Waals surface area contributed by atoms with Gasteiger partial charge in [0.05, 0.1) is 43.8 Å². The summed E-state index contributed by atoms with van der Waals surface area (Å²) in [6.07, 6.45) is 1.60. The summed E-state index contributed by atoms with van der Waals surface area (Å²) in [5, 5.41) is 0.804. The molecular formula is C24H22N2O4. The van der Waals surface area contributed by atoms with Gasteiger partial charge in [0.1, 0.15) is 5.76 Å². The van der Waals surface area contributed by atoms with Crippen LogP contribution in [0.15, 0.2) is 71.3 Å². The van der Waals surface area contributed by atoms with Crippen LogP contribution in [0.1, 0.15) is 16.1 Å². The first kappa shape index (κ1) is 19.5. The second kappa shape index (κ2) is 8.29. The quantitative estimate of drug-likeness (QED) is 0.464. The van der Waals surface area contributed by atoms with E-state index in [1.165, 1.54) is 0 Å². The van der Waals surface area contributed by atoms with Gasteiger partial charge in [0.25, 0.3) is 5.91 Å². The molecule has 2 aromatic heterocycles. The van der Waals surface area contributed by atoms with Crippen molar-refractivity contribution in [3.63, 3.8) is 0 Å². The Hall–Kier alpha value is -3.80. The van der Waals surface area contributed by atoms with Gasteiger partial charge in [0, 0.05) is 18.0 Å². The predicted octanol–water partition coefficient (Wildman–Crippen LogP) is 4.78. The number of fused-ring (bicyclic) bond motifs is 1. The van der Waals surface area contributed by atoms with Gasteiger partial charge in [-0.25, -0.2) is 4.98 Å². The van der Waals surface area contributed by atoms with Crippen molar-refractivity contribution in [1.82, 2.24) is 9.88 Å². The van der Waals surface area contributed by atoms with Gasteiger partial charge in [-0.05, 0) is 42.5 Å². The molecule has 0 bridgehead atoms. The summed E-state index contributed by atoms with van der Waals surface area (Å²) >= 11 is 0. The number of ether oxygens (including phenoxy) is 2. The highest BCUT2D eigenvalue weighted by molar-refractivity contribution is 6.07. The molecule has 6 nitrogen and oxygen atoms in total. The third-order valence-electron chi connectivity index (χ3n) is 4.95. The van der Waals surface area contributed by atoms with E-state index in [0.29, 0.717) is 29.3 Å². The molecule has 4 rings (SSSR count). The first-order valence-electron chi connectivity index (χ1n) is 9.50. The summed E-state index contributed by atoms with van der Waals surface area (Å²) in [5.74, 6) is 1.86. The second-order valence-electron chi connectivity index (χ2n) is 6.88. The first-order valence-corrected chi connectivity index (χ1v) is 9.50. The molecule has 2 aromatic carbocycles. The van der Waals surface area contributed by atoms with E-state index in [9.17, 15) is 4.79 Å². The molecule has 30 heavy (non-hydrogen) atoms. The lowest BCUT2D eigenvalue weighted by molar-refractivity contribution is 0.0777. The zero-order chi connectivity index (χ0) is 21.1. The largest absolute Gasteiger partial charge is 0.493 e. The fourth-order valence-electron chi connectivity index (χ4n) is 3.41. The molecule has 152 valence electrons. The lowest BCUT2D eigenvalue weighted by Crippen LogP contribution is -2.26. The van der Waals surface area contributed by atoms with Crippen molar-refractivity contribution < 1.29 is 18.7 Å². The van der Waals surface area contributed by atoms with E-state index < -0.39 is 0 Å². The van der Waals surface area contributed by atoms with Crippen LogP contribution in [-0.4, -0.2) is 37.1 Å². The minimum absolute atomic E-state index is 0.105. The molecule has 0 N–H and O–H groups in total. The minimum Gasteiger partial charge on any atom is -0.493 e. The highest BCUT2D eigenvalue weighted by atomic mass is 16.5. The molecule has 0 saturated heterocycles. The van der Waals surface area contributed by atoms with Gasteiger partial charge < -0.3 is 18.8 Å². The van der Waals surface area contributed by atoms with Crippen LogP contribution in [0.5, 0.6) is 11.5 Å². The Morgan fingerprint density at radius 1 is 1.00 bits per heavy atom. The number of hydrogen-bond donors (Lipinski definition) is 0. The van der Waals surface area contributed by atoms with Crippen molar-refractivity contribution in [3.8, 4) is 22.8 Å². The minimum atomic E-state index is -0.105. The Morgan fingerprint density at radius 2 is 1.80 bits per heavy atom. The maximum Gasteiger partial charge on any atom is 0.254 e. The Kier molecular flexibility index (Phi) is 5.39. The van der Waals surface area contributed by atoms with Crippen LogP contribution >= 0.6 is 0 Å². The summed E-state index contributed by atoms with van der Waals surface area (Å²) in [4.78, 5) is 19.7. The molecule has 0 radical (unpaired) electrons. The van der Waals surface area contributed by atoms with Crippen LogP contribution in [0.4, 0.5) is 0 Å². The Labute approximate surface area is 174 Å². The Balaban J connectivity index is 1.79. The Bertz CT molecular complexity index is 1190. The Morgan fingerprint density at radius 3 is 2.53 bits per heavy atom. The van der Waals surface area contributed by atoms with Gasteiger partial charge >= 0.3 is 0 Å².